The molecule has 0 spiro atoms. The minimum atomic E-state index is -4.82. The fraction of sp³-hybridized carbons (Fsp3) is 0.304. The highest BCUT2D eigenvalue weighted by molar-refractivity contribution is 6.34. The van der Waals surface area contributed by atoms with Crippen molar-refractivity contribution in [2.45, 2.75) is 31.3 Å². The number of hydrogen-bond donors (Lipinski definition) is 2. The lowest BCUT2D eigenvalue weighted by atomic mass is 9.85. The van der Waals surface area contributed by atoms with E-state index in [1.807, 2.05) is 0 Å². The number of rotatable bonds is 6. The number of alkyl halides is 6. The summed E-state index contributed by atoms with van der Waals surface area (Å²) in [7, 11) is 0. The predicted octanol–water partition coefficient (Wildman–Crippen LogP) is 5.93. The Hall–Kier alpha value is -2.92. The first-order valence-corrected chi connectivity index (χ1v) is 11.0. The maximum Gasteiger partial charge on any atom is 0.432 e. The third-order valence-corrected chi connectivity index (χ3v) is 5.80. The lowest BCUT2D eigenvalue weighted by molar-refractivity contribution is -0.260. The van der Waals surface area contributed by atoms with E-state index < -0.39 is 49.3 Å². The van der Waals surface area contributed by atoms with Crippen LogP contribution in [-0.2, 0) is 15.1 Å². The minimum Gasteiger partial charge on any atom is -0.480 e. The maximum atomic E-state index is 14.2. The normalized spacial score (nSPS) is 17.9. The van der Waals surface area contributed by atoms with Crippen molar-refractivity contribution in [2.75, 3.05) is 13.1 Å². The van der Waals surface area contributed by atoms with Gasteiger partial charge in [-0.1, -0.05) is 35.3 Å². The Morgan fingerprint density at radius 1 is 1.00 bits per heavy atom. The lowest BCUT2D eigenvalue weighted by Crippen LogP contribution is -2.42. The summed E-state index contributed by atoms with van der Waals surface area (Å²) in [5.41, 5.74) is -1.99. The molecule has 2 N–H and O–H groups in total. The molecule has 1 atom stereocenters. The topological polar surface area (TPSA) is 67.4 Å². The van der Waals surface area contributed by atoms with Crippen LogP contribution in [0.4, 0.5) is 26.3 Å². The lowest BCUT2D eigenvalue weighted by Gasteiger charge is -2.32. The Bertz CT molecular complexity index is 1190. The third kappa shape index (κ3) is 6.25. The van der Waals surface area contributed by atoms with E-state index in [1.165, 1.54) is 31.2 Å². The molecule has 0 saturated carbocycles. The van der Waals surface area contributed by atoms with Crippen molar-refractivity contribution in [3.8, 4) is 0 Å². The number of halogens is 8. The zero-order valence-corrected chi connectivity index (χ0v) is 19.9. The van der Waals surface area contributed by atoms with E-state index in [2.05, 4.69) is 5.32 Å². The van der Waals surface area contributed by atoms with Gasteiger partial charge in [0.15, 0.2) is 0 Å². The van der Waals surface area contributed by atoms with Crippen molar-refractivity contribution in [3.05, 3.63) is 75.0 Å². The highest BCUT2D eigenvalue weighted by atomic mass is 35.5. The van der Waals surface area contributed by atoms with Gasteiger partial charge in [-0.2, -0.15) is 26.3 Å². The Kier molecular flexibility index (Phi) is 7.85. The molecule has 0 fully saturated rings. The smallest absolute Gasteiger partial charge is 0.432 e. The van der Waals surface area contributed by atoms with E-state index in [0.717, 1.165) is 18.4 Å². The molecule has 2 amide bonds. The van der Waals surface area contributed by atoms with Gasteiger partial charge in [0.1, 0.15) is 6.54 Å². The van der Waals surface area contributed by atoms with Crippen LogP contribution in [-0.4, -0.2) is 37.3 Å². The summed E-state index contributed by atoms with van der Waals surface area (Å²) in [5, 5.41) is 3.84. The van der Waals surface area contributed by atoms with E-state index in [-0.39, 0.29) is 26.7 Å². The van der Waals surface area contributed by atoms with Crippen molar-refractivity contribution >= 4 is 40.6 Å². The number of nitrogens with one attached hydrogen (secondary N) is 2. The molecule has 13 heteroatoms. The number of carbonyl (C=O) groups is 2. The average Bonchev–Trinajstić information content (AvgIpc) is 3.22. The van der Waals surface area contributed by atoms with Crippen molar-refractivity contribution in [1.29, 1.82) is 0 Å². The van der Waals surface area contributed by atoms with Crippen LogP contribution >= 0.6 is 23.2 Å². The Morgan fingerprint density at radius 3 is 2.19 bits per heavy atom. The van der Waals surface area contributed by atoms with Gasteiger partial charge in [0, 0.05) is 27.6 Å². The molecule has 3 rings (SSSR count). The summed E-state index contributed by atoms with van der Waals surface area (Å²) in [6, 6.07) is 7.75. The van der Waals surface area contributed by atoms with Crippen LogP contribution in [0.25, 0.3) is 5.57 Å². The average molecular weight is 555 g/mol. The molecule has 2 aromatic rings. The van der Waals surface area contributed by atoms with E-state index in [0.29, 0.717) is 11.1 Å². The van der Waals surface area contributed by atoms with Gasteiger partial charge in [-0.25, -0.2) is 0 Å². The SMILES string of the molecule is Cc1cc(C2=COC(c3cc(Cl)cc(Cl)c3)(C(F)(F)F)C2)ccc1C(=O)NCC(=O)NCC(F)(F)F. The molecule has 36 heavy (non-hydrogen) atoms. The molecule has 2 aromatic carbocycles. The van der Waals surface area contributed by atoms with Gasteiger partial charge >= 0.3 is 12.4 Å². The van der Waals surface area contributed by atoms with Crippen LogP contribution in [0.3, 0.4) is 0 Å². The molecule has 0 saturated heterocycles. The predicted molar refractivity (Wildman–Crippen MR) is 120 cm³/mol. The zero-order valence-electron chi connectivity index (χ0n) is 18.4. The number of amides is 2. The Morgan fingerprint density at radius 2 is 1.64 bits per heavy atom. The fourth-order valence-electron chi connectivity index (χ4n) is 3.62. The first-order valence-electron chi connectivity index (χ1n) is 10.2. The van der Waals surface area contributed by atoms with Crippen LogP contribution in [0, 0.1) is 6.92 Å². The van der Waals surface area contributed by atoms with Crippen LogP contribution in [0.15, 0.2) is 42.7 Å². The maximum absolute atomic E-state index is 14.2. The largest absolute Gasteiger partial charge is 0.480 e. The molecular weight excluding hydrogens is 537 g/mol. The van der Waals surface area contributed by atoms with Crippen molar-refractivity contribution in [2.24, 2.45) is 0 Å². The molecule has 0 bridgehead atoms. The van der Waals surface area contributed by atoms with Gasteiger partial charge in [-0.3, -0.25) is 9.59 Å². The molecule has 1 heterocycles. The zero-order chi connectivity index (χ0) is 26.9. The monoisotopic (exact) mass is 554 g/mol. The van der Waals surface area contributed by atoms with Crippen LogP contribution in [0.2, 0.25) is 10.0 Å². The van der Waals surface area contributed by atoms with Crippen LogP contribution in [0.5, 0.6) is 0 Å². The second-order valence-electron chi connectivity index (χ2n) is 8.02. The number of carbonyl (C=O) groups excluding carboxylic acids is 2. The molecular formula is C23H18Cl2F6N2O3. The summed E-state index contributed by atoms with van der Waals surface area (Å²) in [4.78, 5) is 23.8. The molecule has 0 aliphatic carbocycles. The van der Waals surface area contributed by atoms with Crippen molar-refractivity contribution < 1.29 is 40.7 Å². The quantitative estimate of drug-likeness (QED) is 0.435. The fourth-order valence-corrected chi connectivity index (χ4v) is 4.14. The first kappa shape index (κ1) is 27.7. The highest BCUT2D eigenvalue weighted by Gasteiger charge is 2.60. The van der Waals surface area contributed by atoms with Gasteiger partial charge in [0.2, 0.25) is 11.5 Å². The summed E-state index contributed by atoms with van der Waals surface area (Å²) in [6.07, 6.45) is -9.01. The molecule has 1 aliphatic rings. The number of benzene rings is 2. The second-order valence-corrected chi connectivity index (χ2v) is 8.90. The number of aryl methyl sites for hydroxylation is 1. The Labute approximate surface area is 211 Å². The van der Waals surface area contributed by atoms with E-state index in [1.54, 1.807) is 5.32 Å². The third-order valence-electron chi connectivity index (χ3n) is 5.37. The molecule has 0 radical (unpaired) electrons. The van der Waals surface area contributed by atoms with E-state index in [4.69, 9.17) is 27.9 Å². The van der Waals surface area contributed by atoms with Crippen molar-refractivity contribution in [1.82, 2.24) is 10.6 Å². The molecule has 5 nitrogen and oxygen atoms in total. The summed E-state index contributed by atoms with van der Waals surface area (Å²) in [5.74, 6) is -1.77. The molecule has 0 aromatic heterocycles. The van der Waals surface area contributed by atoms with Crippen LogP contribution < -0.4 is 10.6 Å². The van der Waals surface area contributed by atoms with Crippen molar-refractivity contribution in [3.63, 3.8) is 0 Å². The van der Waals surface area contributed by atoms with Gasteiger partial charge in [-0.15, -0.1) is 0 Å². The second kappa shape index (κ2) is 10.2. The highest BCUT2D eigenvalue weighted by Crippen LogP contribution is 2.52. The Balaban J connectivity index is 1.75. The summed E-state index contributed by atoms with van der Waals surface area (Å²) in [6.45, 7) is -0.703. The van der Waals surface area contributed by atoms with Gasteiger partial charge in [0.25, 0.3) is 5.91 Å². The molecule has 194 valence electrons. The van der Waals surface area contributed by atoms with E-state index in [9.17, 15) is 35.9 Å². The van der Waals surface area contributed by atoms with Gasteiger partial charge in [-0.05, 0) is 47.9 Å². The van der Waals surface area contributed by atoms with E-state index >= 15 is 0 Å². The molecule has 1 aliphatic heterocycles. The van der Waals surface area contributed by atoms with Gasteiger partial charge < -0.3 is 15.4 Å². The standard InChI is InChI=1S/C23H18Cl2F6N2O3/c1-12-4-13(2-3-18(12)20(35)32-9-19(34)33-11-22(26,27)28)14-8-21(36-10-14,23(29,30)31)15-5-16(24)7-17(25)6-15/h2-7,10H,8-9,11H2,1H3,(H,32,35)(H,33,34). The minimum absolute atomic E-state index is 0.0106. The number of hydrogen-bond acceptors (Lipinski definition) is 3. The summed E-state index contributed by atoms with van der Waals surface area (Å²) >= 11 is 11.8. The first-order chi connectivity index (χ1) is 16.6. The number of ether oxygens (including phenoxy) is 1. The van der Waals surface area contributed by atoms with Gasteiger partial charge in [0.05, 0.1) is 12.8 Å². The summed E-state index contributed by atoms with van der Waals surface area (Å²) < 4.78 is 84.2. The molecule has 1 unspecified atom stereocenters. The van der Waals surface area contributed by atoms with Crippen LogP contribution in [0.1, 0.15) is 33.5 Å².